The highest BCUT2D eigenvalue weighted by atomic mass is 19.1. The van der Waals surface area contributed by atoms with Gasteiger partial charge >= 0.3 is 0 Å². The molecule has 3 nitrogen and oxygen atoms in total. The lowest BCUT2D eigenvalue weighted by atomic mass is 10.1. The smallest absolute Gasteiger partial charge is 0.123 e. The monoisotopic (exact) mass is 252 g/mol. The van der Waals surface area contributed by atoms with Crippen LogP contribution in [0.5, 0.6) is 5.75 Å². The quantitative estimate of drug-likeness (QED) is 0.866. The average molecular weight is 252 g/mol. The maximum Gasteiger partial charge on any atom is 0.123 e. The molecule has 1 aliphatic rings. The summed E-state index contributed by atoms with van der Waals surface area (Å²) in [5.41, 5.74) is 0. The van der Waals surface area contributed by atoms with Crippen molar-refractivity contribution in [2.45, 2.75) is 18.9 Å². The Labute approximate surface area is 108 Å². The lowest BCUT2D eigenvalue weighted by molar-refractivity contribution is 0.167. The molecule has 0 amide bonds. The van der Waals surface area contributed by atoms with E-state index in [9.17, 15) is 4.39 Å². The molecule has 1 aromatic carbocycles. The van der Waals surface area contributed by atoms with Gasteiger partial charge in [-0.1, -0.05) is 0 Å². The second-order valence-corrected chi connectivity index (χ2v) is 4.71. The van der Waals surface area contributed by atoms with E-state index in [-0.39, 0.29) is 5.82 Å². The summed E-state index contributed by atoms with van der Waals surface area (Å²) in [4.78, 5) is 2.41. The third kappa shape index (κ3) is 3.96. The summed E-state index contributed by atoms with van der Waals surface area (Å²) < 4.78 is 18.3. The van der Waals surface area contributed by atoms with E-state index in [1.807, 2.05) is 7.05 Å². The standard InChI is InChI=1S/C14H21FN2O/c1-16-13-6-8-17(9-7-13)10-11-18-14-4-2-12(15)3-5-14/h2-5,13,16H,6-11H2,1H3. The number of piperidine rings is 1. The maximum absolute atomic E-state index is 12.7. The van der Waals surface area contributed by atoms with Crippen LogP contribution in [0.4, 0.5) is 4.39 Å². The van der Waals surface area contributed by atoms with Gasteiger partial charge in [-0.2, -0.15) is 0 Å². The molecule has 1 saturated heterocycles. The fourth-order valence-electron chi connectivity index (χ4n) is 2.27. The van der Waals surface area contributed by atoms with E-state index in [0.717, 1.165) is 25.4 Å². The van der Waals surface area contributed by atoms with Crippen LogP contribution in [0.15, 0.2) is 24.3 Å². The van der Waals surface area contributed by atoms with Gasteiger partial charge in [0.1, 0.15) is 18.2 Å². The van der Waals surface area contributed by atoms with Crippen LogP contribution in [-0.2, 0) is 0 Å². The SMILES string of the molecule is CNC1CCN(CCOc2ccc(F)cc2)CC1. The maximum atomic E-state index is 12.7. The van der Waals surface area contributed by atoms with Gasteiger partial charge in [-0.25, -0.2) is 4.39 Å². The van der Waals surface area contributed by atoms with Gasteiger partial charge in [0.25, 0.3) is 0 Å². The molecule has 1 aliphatic heterocycles. The van der Waals surface area contributed by atoms with E-state index >= 15 is 0 Å². The molecule has 100 valence electrons. The molecule has 2 rings (SSSR count). The number of hydrogen-bond acceptors (Lipinski definition) is 3. The number of likely N-dealkylation sites (tertiary alicyclic amines) is 1. The van der Waals surface area contributed by atoms with Gasteiger partial charge in [0.15, 0.2) is 0 Å². The molecular weight excluding hydrogens is 231 g/mol. The highest BCUT2D eigenvalue weighted by Crippen LogP contribution is 2.12. The van der Waals surface area contributed by atoms with Gasteiger partial charge in [-0.15, -0.1) is 0 Å². The summed E-state index contributed by atoms with van der Waals surface area (Å²) in [6, 6.07) is 6.85. The number of ether oxygens (including phenoxy) is 1. The van der Waals surface area contributed by atoms with Crippen molar-refractivity contribution in [3.05, 3.63) is 30.1 Å². The van der Waals surface area contributed by atoms with Gasteiger partial charge in [-0.3, -0.25) is 4.90 Å². The van der Waals surface area contributed by atoms with Crippen molar-refractivity contribution in [1.82, 2.24) is 10.2 Å². The molecule has 4 heteroatoms. The Kier molecular flexibility index (Phi) is 4.96. The summed E-state index contributed by atoms with van der Waals surface area (Å²) in [6.07, 6.45) is 2.40. The first-order valence-electron chi connectivity index (χ1n) is 6.56. The second kappa shape index (κ2) is 6.71. The first kappa shape index (κ1) is 13.3. The van der Waals surface area contributed by atoms with Crippen LogP contribution in [-0.4, -0.2) is 44.2 Å². The molecule has 0 bridgehead atoms. The Morgan fingerprint density at radius 2 is 1.94 bits per heavy atom. The minimum atomic E-state index is -0.225. The van der Waals surface area contributed by atoms with Crippen molar-refractivity contribution in [3.63, 3.8) is 0 Å². The number of nitrogens with zero attached hydrogens (tertiary/aromatic N) is 1. The Morgan fingerprint density at radius 3 is 2.56 bits per heavy atom. The second-order valence-electron chi connectivity index (χ2n) is 4.71. The molecule has 1 fully saturated rings. The van der Waals surface area contributed by atoms with E-state index in [1.165, 1.54) is 25.0 Å². The Bertz CT molecular complexity index is 347. The highest BCUT2D eigenvalue weighted by Gasteiger charge is 2.16. The Balaban J connectivity index is 1.65. The molecule has 1 heterocycles. The van der Waals surface area contributed by atoms with Crippen LogP contribution in [0.1, 0.15) is 12.8 Å². The normalized spacial score (nSPS) is 17.9. The number of hydrogen-bond donors (Lipinski definition) is 1. The molecule has 18 heavy (non-hydrogen) atoms. The van der Waals surface area contributed by atoms with Gasteiger partial charge in [0.2, 0.25) is 0 Å². The van der Waals surface area contributed by atoms with E-state index in [0.29, 0.717) is 12.6 Å². The summed E-state index contributed by atoms with van der Waals surface area (Å²) in [6.45, 7) is 3.85. The van der Waals surface area contributed by atoms with Crippen molar-refractivity contribution >= 4 is 0 Å². The minimum absolute atomic E-state index is 0.225. The van der Waals surface area contributed by atoms with Crippen LogP contribution in [0, 0.1) is 5.82 Å². The molecule has 0 aromatic heterocycles. The molecule has 0 atom stereocenters. The summed E-state index contributed by atoms with van der Waals surface area (Å²) in [5, 5.41) is 3.32. The average Bonchev–Trinajstić information content (AvgIpc) is 2.42. The summed E-state index contributed by atoms with van der Waals surface area (Å²) in [5.74, 6) is 0.512. The van der Waals surface area contributed by atoms with Crippen LogP contribution >= 0.6 is 0 Å². The van der Waals surface area contributed by atoms with E-state index in [2.05, 4.69) is 10.2 Å². The van der Waals surface area contributed by atoms with Crippen LogP contribution in [0.25, 0.3) is 0 Å². The topological polar surface area (TPSA) is 24.5 Å². The fourth-order valence-corrected chi connectivity index (χ4v) is 2.27. The lowest BCUT2D eigenvalue weighted by Gasteiger charge is -2.31. The third-order valence-corrected chi connectivity index (χ3v) is 3.49. The zero-order valence-corrected chi connectivity index (χ0v) is 10.9. The zero-order valence-electron chi connectivity index (χ0n) is 10.9. The van der Waals surface area contributed by atoms with E-state index < -0.39 is 0 Å². The van der Waals surface area contributed by atoms with Crippen molar-refractivity contribution in [1.29, 1.82) is 0 Å². The predicted octanol–water partition coefficient (Wildman–Crippen LogP) is 1.89. The third-order valence-electron chi connectivity index (χ3n) is 3.49. The Morgan fingerprint density at radius 1 is 1.28 bits per heavy atom. The van der Waals surface area contributed by atoms with Crippen LogP contribution in [0.2, 0.25) is 0 Å². The van der Waals surface area contributed by atoms with Crippen molar-refractivity contribution in [2.75, 3.05) is 33.3 Å². The summed E-state index contributed by atoms with van der Waals surface area (Å²) >= 11 is 0. The highest BCUT2D eigenvalue weighted by molar-refractivity contribution is 5.21. The molecular formula is C14H21FN2O. The predicted molar refractivity (Wildman–Crippen MR) is 70.4 cm³/mol. The minimum Gasteiger partial charge on any atom is -0.492 e. The number of halogens is 1. The molecule has 0 unspecified atom stereocenters. The lowest BCUT2D eigenvalue weighted by Crippen LogP contribution is -2.42. The van der Waals surface area contributed by atoms with E-state index in [4.69, 9.17) is 4.74 Å². The summed E-state index contributed by atoms with van der Waals surface area (Å²) in [7, 11) is 2.03. The number of benzene rings is 1. The van der Waals surface area contributed by atoms with Crippen molar-refractivity contribution < 1.29 is 9.13 Å². The van der Waals surface area contributed by atoms with Gasteiger partial charge in [-0.05, 0) is 57.2 Å². The van der Waals surface area contributed by atoms with Gasteiger partial charge in [0.05, 0.1) is 0 Å². The van der Waals surface area contributed by atoms with Crippen molar-refractivity contribution in [3.8, 4) is 5.75 Å². The molecule has 0 aliphatic carbocycles. The first-order chi connectivity index (χ1) is 8.78. The largest absolute Gasteiger partial charge is 0.492 e. The van der Waals surface area contributed by atoms with Crippen LogP contribution in [0.3, 0.4) is 0 Å². The number of rotatable bonds is 5. The van der Waals surface area contributed by atoms with Gasteiger partial charge in [0, 0.05) is 12.6 Å². The fraction of sp³-hybridized carbons (Fsp3) is 0.571. The molecule has 1 aromatic rings. The zero-order chi connectivity index (χ0) is 12.8. The van der Waals surface area contributed by atoms with E-state index in [1.54, 1.807) is 12.1 Å². The van der Waals surface area contributed by atoms with Gasteiger partial charge < -0.3 is 10.1 Å². The number of nitrogens with one attached hydrogen (secondary N) is 1. The molecule has 1 N–H and O–H groups in total. The molecule has 0 saturated carbocycles. The van der Waals surface area contributed by atoms with Crippen molar-refractivity contribution in [2.24, 2.45) is 0 Å². The van der Waals surface area contributed by atoms with Crippen LogP contribution < -0.4 is 10.1 Å². The first-order valence-corrected chi connectivity index (χ1v) is 6.56. The Hall–Kier alpha value is -1.13. The molecule has 0 spiro atoms. The molecule has 0 radical (unpaired) electrons.